The van der Waals surface area contributed by atoms with Crippen LogP contribution in [0.5, 0.6) is 0 Å². The van der Waals surface area contributed by atoms with Crippen molar-refractivity contribution in [2.75, 3.05) is 0 Å². The number of pyridine rings is 4. The van der Waals surface area contributed by atoms with Crippen LogP contribution in [0.2, 0.25) is 0 Å². The number of fused-ring (bicyclic) bond motifs is 5. The summed E-state index contributed by atoms with van der Waals surface area (Å²) in [6.45, 7) is 32.7. The molecule has 0 atom stereocenters. The van der Waals surface area contributed by atoms with Gasteiger partial charge in [0.1, 0.15) is 24.6 Å². The smallest absolute Gasteiger partial charge is 0.159 e. The molecule has 10 aromatic rings. The van der Waals surface area contributed by atoms with Gasteiger partial charge in [0, 0.05) is 82.8 Å². The highest BCUT2D eigenvalue weighted by molar-refractivity contribution is 5.50. The molecule has 0 aromatic carbocycles. The van der Waals surface area contributed by atoms with Crippen LogP contribution in [0.15, 0.2) is 129 Å². The third kappa shape index (κ3) is 11.7. The van der Waals surface area contributed by atoms with Gasteiger partial charge < -0.3 is 8.80 Å². The molecule has 0 radical (unpaired) electrons. The Morgan fingerprint density at radius 3 is 1.66 bits per heavy atom. The molecule has 0 saturated heterocycles. The van der Waals surface area contributed by atoms with E-state index in [4.69, 9.17) is 0 Å². The maximum atomic E-state index is 4.37. The molecule has 0 aliphatic heterocycles. The summed E-state index contributed by atoms with van der Waals surface area (Å²) >= 11 is 0. The number of nitrogens with zero attached hydrogens (tertiary/aromatic N) is 14. The van der Waals surface area contributed by atoms with Crippen molar-refractivity contribution >= 4 is 28.2 Å². The van der Waals surface area contributed by atoms with Gasteiger partial charge >= 0.3 is 0 Å². The lowest BCUT2D eigenvalue weighted by Crippen LogP contribution is -2.16. The second kappa shape index (κ2) is 18.7. The number of imidazole rings is 2. The Balaban J connectivity index is 0.000000135. The summed E-state index contributed by atoms with van der Waals surface area (Å²) in [4.78, 5) is 25.4. The Morgan fingerprint density at radius 2 is 1.00 bits per heavy atom. The molecule has 14 nitrogen and oxygen atoms in total. The predicted molar refractivity (Wildman–Crippen MR) is 261 cm³/mol. The Labute approximate surface area is 382 Å². The molecule has 0 aliphatic carbocycles. The van der Waals surface area contributed by atoms with Crippen LogP contribution in [0.3, 0.4) is 0 Å². The van der Waals surface area contributed by atoms with E-state index < -0.39 is 0 Å². The number of hydrogen-bond donors (Lipinski definition) is 0. The molecule has 0 N–H and O–H groups in total. The Bertz CT molecular complexity index is 2750. The first-order valence-electron chi connectivity index (χ1n) is 22.0. The van der Waals surface area contributed by atoms with E-state index in [0.717, 1.165) is 33.9 Å². The molecule has 0 bridgehead atoms. The highest BCUT2D eigenvalue weighted by Crippen LogP contribution is 2.26. The highest BCUT2D eigenvalue weighted by Gasteiger charge is 2.21. The zero-order chi connectivity index (χ0) is 47.4. The topological polar surface area (TPSA) is 138 Å². The van der Waals surface area contributed by atoms with Crippen molar-refractivity contribution in [2.45, 2.75) is 131 Å². The Morgan fingerprint density at radius 1 is 0.400 bits per heavy atom. The van der Waals surface area contributed by atoms with Crippen molar-refractivity contribution in [3.8, 4) is 0 Å². The quantitative estimate of drug-likeness (QED) is 0.146. The molecule has 65 heavy (non-hydrogen) atoms. The molecule has 14 heteroatoms. The number of rotatable bonds is 0. The van der Waals surface area contributed by atoms with Crippen molar-refractivity contribution in [3.05, 3.63) is 157 Å². The van der Waals surface area contributed by atoms with Crippen LogP contribution < -0.4 is 0 Å². The van der Waals surface area contributed by atoms with Gasteiger partial charge in [-0.15, -0.1) is 0 Å². The van der Waals surface area contributed by atoms with E-state index in [1.165, 1.54) is 22.5 Å². The fourth-order valence-corrected chi connectivity index (χ4v) is 7.07. The van der Waals surface area contributed by atoms with Crippen molar-refractivity contribution in [1.82, 2.24) is 67.5 Å². The maximum Gasteiger partial charge on any atom is 0.159 e. The van der Waals surface area contributed by atoms with Crippen LogP contribution in [0.25, 0.3) is 28.2 Å². The molecule has 0 saturated carbocycles. The molecule has 0 spiro atoms. The van der Waals surface area contributed by atoms with Crippen LogP contribution >= 0.6 is 0 Å². The maximum absolute atomic E-state index is 4.37. The van der Waals surface area contributed by atoms with Crippen LogP contribution in [-0.2, 0) is 27.1 Å². The summed E-state index contributed by atoms with van der Waals surface area (Å²) in [5.74, 6) is 0. The monoisotopic (exact) mass is 875 g/mol. The first-order chi connectivity index (χ1) is 30.4. The van der Waals surface area contributed by atoms with Gasteiger partial charge in [0.25, 0.3) is 0 Å². The van der Waals surface area contributed by atoms with E-state index in [2.05, 4.69) is 190 Å². The van der Waals surface area contributed by atoms with E-state index in [1.807, 2.05) is 76.6 Å². The fraction of sp³-hybridized carbons (Fsp3) is 0.392. The lowest BCUT2D eigenvalue weighted by molar-refractivity contribution is 0.548. The van der Waals surface area contributed by atoms with Gasteiger partial charge in [-0.25, -0.2) is 38.5 Å². The lowest BCUT2D eigenvalue weighted by Gasteiger charge is -2.20. The Kier molecular flexibility index (Phi) is 13.7. The molecule has 10 rings (SSSR count). The Hall–Kier alpha value is -6.83. The summed E-state index contributed by atoms with van der Waals surface area (Å²) in [5, 5.41) is 12.3. The number of hydrogen-bond acceptors (Lipinski definition) is 9. The fourth-order valence-electron chi connectivity index (χ4n) is 7.07. The molecule has 10 aromatic heterocycles. The van der Waals surface area contributed by atoms with Gasteiger partial charge in [-0.2, -0.15) is 15.3 Å². The summed E-state index contributed by atoms with van der Waals surface area (Å²) in [6.07, 6.45) is 19.9. The molecular formula is C51H66N14. The van der Waals surface area contributed by atoms with Crippen molar-refractivity contribution in [1.29, 1.82) is 0 Å². The molecule has 0 aliphatic rings. The summed E-state index contributed by atoms with van der Waals surface area (Å²) in [6, 6.07) is 20.6. The van der Waals surface area contributed by atoms with Crippen LogP contribution in [0.4, 0.5) is 0 Å². The second-order valence-electron chi connectivity index (χ2n) is 21.1. The average Bonchev–Trinajstić information content (AvgIpc) is 4.09. The minimum Gasteiger partial charge on any atom is -0.304 e. The minimum atomic E-state index is 0.0495. The SMILES string of the molecule is CC(C)(C)c1cccc2nccn12.CC(C)(C)c1cccc2ncnn12.CC(C)(C)c1cccn2ncnc12.CC(C)(C)c1ccn2ncnc2c1.CC(C)(C)c1nccn2ccnc12. The first kappa shape index (κ1) is 47.6. The summed E-state index contributed by atoms with van der Waals surface area (Å²) < 4.78 is 9.60. The van der Waals surface area contributed by atoms with Crippen molar-refractivity contribution < 1.29 is 0 Å². The molecule has 0 amide bonds. The van der Waals surface area contributed by atoms with E-state index in [9.17, 15) is 0 Å². The van der Waals surface area contributed by atoms with Crippen molar-refractivity contribution in [2.24, 2.45) is 0 Å². The standard InChI is InChI=1S/C11H14N2.4C10H13N3/c1-11(2,3)9-5-4-6-10-12-7-8-13(9)10;1-10(2,3)8-9-12-5-7-13(9)6-4-11-8;1-10(2,3)8-4-5-13-9(6-8)11-7-12-13;1-10(2,3)8-5-4-6-13-9(8)11-7-12-13;1-10(2,3)8-5-4-6-9-11-7-12-13(8)9/h4-8H,1-3H3;4*4-7H,1-3H3. The summed E-state index contributed by atoms with van der Waals surface area (Å²) in [7, 11) is 0. The molecule has 340 valence electrons. The predicted octanol–water partition coefficient (Wildman–Crippen LogP) is 10.7. The normalized spacial score (nSPS) is 12.2. The third-order valence-corrected chi connectivity index (χ3v) is 10.5. The molecule has 10 heterocycles. The van der Waals surface area contributed by atoms with Gasteiger partial charge in [-0.3, -0.25) is 4.98 Å². The van der Waals surface area contributed by atoms with Gasteiger partial charge in [0.15, 0.2) is 22.6 Å². The van der Waals surface area contributed by atoms with Gasteiger partial charge in [-0.05, 0) is 58.9 Å². The third-order valence-electron chi connectivity index (χ3n) is 10.5. The van der Waals surface area contributed by atoms with E-state index in [1.54, 1.807) is 34.2 Å². The van der Waals surface area contributed by atoms with E-state index in [-0.39, 0.29) is 27.1 Å². The van der Waals surface area contributed by atoms with Crippen LogP contribution in [-0.4, -0.2) is 67.5 Å². The molecule has 0 unspecified atom stereocenters. The van der Waals surface area contributed by atoms with E-state index >= 15 is 0 Å². The number of aromatic nitrogens is 14. The van der Waals surface area contributed by atoms with E-state index in [0.29, 0.717) is 0 Å². The minimum absolute atomic E-state index is 0.0495. The molecular weight excluding hydrogens is 809 g/mol. The van der Waals surface area contributed by atoms with Crippen LogP contribution in [0, 0.1) is 0 Å². The van der Waals surface area contributed by atoms with Gasteiger partial charge in [0.2, 0.25) is 0 Å². The van der Waals surface area contributed by atoms with Crippen LogP contribution in [0.1, 0.15) is 132 Å². The molecule has 0 fully saturated rings. The average molecular weight is 875 g/mol. The largest absolute Gasteiger partial charge is 0.304 e. The van der Waals surface area contributed by atoms with Gasteiger partial charge in [0.05, 0.1) is 5.69 Å². The lowest BCUT2D eigenvalue weighted by atomic mass is 9.88. The first-order valence-corrected chi connectivity index (χ1v) is 22.0. The zero-order valence-electron chi connectivity index (χ0n) is 40.9. The highest BCUT2D eigenvalue weighted by atomic mass is 15.3. The van der Waals surface area contributed by atoms with Crippen molar-refractivity contribution in [3.63, 3.8) is 0 Å². The second-order valence-corrected chi connectivity index (χ2v) is 21.1. The zero-order valence-corrected chi connectivity index (χ0v) is 40.9. The van der Waals surface area contributed by atoms with Gasteiger partial charge in [-0.1, -0.05) is 122 Å². The summed E-state index contributed by atoms with van der Waals surface area (Å²) in [5.41, 5.74) is 11.4.